The van der Waals surface area contributed by atoms with E-state index in [0.717, 1.165) is 0 Å². The van der Waals surface area contributed by atoms with Gasteiger partial charge in [-0.1, -0.05) is 17.7 Å². The van der Waals surface area contributed by atoms with Gasteiger partial charge in [-0.3, -0.25) is 0 Å². The summed E-state index contributed by atoms with van der Waals surface area (Å²) >= 11 is 6.10. The zero-order chi connectivity index (χ0) is 16.8. The van der Waals surface area contributed by atoms with Crippen LogP contribution in [0.2, 0.25) is 5.02 Å². The maximum Gasteiger partial charge on any atom is 0.319 e. The van der Waals surface area contributed by atoms with Crippen LogP contribution in [0.4, 0.5) is 10.5 Å². The van der Waals surface area contributed by atoms with E-state index in [0.29, 0.717) is 22.2 Å². The van der Waals surface area contributed by atoms with Crippen LogP contribution in [0.3, 0.4) is 0 Å². The van der Waals surface area contributed by atoms with Crippen molar-refractivity contribution in [2.24, 2.45) is 0 Å². The van der Waals surface area contributed by atoms with E-state index in [1.165, 1.54) is 6.26 Å². The van der Waals surface area contributed by atoms with Crippen LogP contribution in [-0.4, -0.2) is 23.8 Å². The van der Waals surface area contributed by atoms with E-state index in [1.54, 1.807) is 30.3 Å². The Morgan fingerprint density at radius 3 is 2.78 bits per heavy atom. The van der Waals surface area contributed by atoms with Gasteiger partial charge < -0.3 is 24.9 Å². The number of hydrogen-bond donors (Lipinski definition) is 3. The first-order valence-electron chi connectivity index (χ1n) is 7.19. The second-order valence-corrected chi connectivity index (χ2v) is 5.56. The van der Waals surface area contributed by atoms with Crippen molar-refractivity contribution in [2.45, 2.75) is 26.1 Å². The van der Waals surface area contributed by atoms with Crippen LogP contribution in [0, 0.1) is 0 Å². The van der Waals surface area contributed by atoms with Gasteiger partial charge in [0.05, 0.1) is 29.6 Å². The van der Waals surface area contributed by atoms with E-state index < -0.39 is 12.1 Å². The first-order valence-corrected chi connectivity index (χ1v) is 7.56. The fourth-order valence-electron chi connectivity index (χ4n) is 1.90. The second-order valence-electron chi connectivity index (χ2n) is 5.15. The Balaban J connectivity index is 1.96. The van der Waals surface area contributed by atoms with Crippen molar-refractivity contribution in [2.75, 3.05) is 11.9 Å². The van der Waals surface area contributed by atoms with Gasteiger partial charge in [0.15, 0.2) is 5.75 Å². The van der Waals surface area contributed by atoms with Crippen LogP contribution in [0.15, 0.2) is 41.0 Å². The highest BCUT2D eigenvalue weighted by atomic mass is 35.5. The van der Waals surface area contributed by atoms with Gasteiger partial charge in [0.25, 0.3) is 0 Å². The van der Waals surface area contributed by atoms with E-state index >= 15 is 0 Å². The molecule has 1 aromatic heterocycles. The smallest absolute Gasteiger partial charge is 0.319 e. The zero-order valence-electron chi connectivity index (χ0n) is 12.9. The summed E-state index contributed by atoms with van der Waals surface area (Å²) in [6.45, 7) is 3.75. The molecule has 0 radical (unpaired) electrons. The molecule has 1 unspecified atom stereocenters. The van der Waals surface area contributed by atoms with Crippen LogP contribution < -0.4 is 15.4 Å². The molecule has 0 saturated heterocycles. The predicted molar refractivity (Wildman–Crippen MR) is 87.9 cm³/mol. The van der Waals surface area contributed by atoms with Gasteiger partial charge >= 0.3 is 6.03 Å². The maximum atomic E-state index is 12.0. The van der Waals surface area contributed by atoms with Gasteiger partial charge in [-0.15, -0.1) is 0 Å². The summed E-state index contributed by atoms with van der Waals surface area (Å²) in [5.74, 6) is 0.794. The molecule has 0 spiro atoms. The Morgan fingerprint density at radius 2 is 2.13 bits per heavy atom. The molecule has 124 valence electrons. The van der Waals surface area contributed by atoms with Crippen LogP contribution in [0.5, 0.6) is 5.75 Å². The fraction of sp³-hybridized carbons (Fsp3) is 0.312. The second kappa shape index (κ2) is 7.89. The Morgan fingerprint density at radius 1 is 1.35 bits per heavy atom. The van der Waals surface area contributed by atoms with Gasteiger partial charge in [-0.2, -0.15) is 0 Å². The molecule has 0 fully saturated rings. The summed E-state index contributed by atoms with van der Waals surface area (Å²) in [5, 5.41) is 15.5. The minimum absolute atomic E-state index is 0.0142. The number of hydrogen-bond acceptors (Lipinski definition) is 4. The molecule has 7 heteroatoms. The number of ether oxygens (including phenoxy) is 1. The summed E-state index contributed by atoms with van der Waals surface area (Å²) in [6.07, 6.45) is 0.459. The van der Waals surface area contributed by atoms with E-state index in [9.17, 15) is 9.90 Å². The number of urea groups is 1. The van der Waals surface area contributed by atoms with Crippen molar-refractivity contribution in [3.8, 4) is 5.75 Å². The Hall–Kier alpha value is -2.18. The molecule has 3 N–H and O–H groups in total. The molecule has 6 nitrogen and oxygen atoms in total. The molecule has 23 heavy (non-hydrogen) atoms. The summed E-state index contributed by atoms with van der Waals surface area (Å²) in [6, 6.07) is 7.90. The lowest BCUT2D eigenvalue weighted by atomic mass is 10.2. The molecule has 1 aromatic carbocycles. The number of amides is 2. The van der Waals surface area contributed by atoms with Crippen LogP contribution >= 0.6 is 11.6 Å². The number of anilines is 1. The third-order valence-electron chi connectivity index (χ3n) is 2.90. The van der Waals surface area contributed by atoms with E-state index in [4.69, 9.17) is 20.8 Å². The minimum atomic E-state index is -0.915. The van der Waals surface area contributed by atoms with Crippen LogP contribution in [0.1, 0.15) is 25.7 Å². The normalized spacial score (nSPS) is 12.0. The lowest BCUT2D eigenvalue weighted by Gasteiger charge is -2.17. The minimum Gasteiger partial charge on any atom is -0.487 e. The van der Waals surface area contributed by atoms with E-state index in [1.807, 2.05) is 13.8 Å². The Bertz CT molecular complexity index is 644. The number of aliphatic hydroxyl groups excluding tert-OH is 1. The van der Waals surface area contributed by atoms with Gasteiger partial charge in [-0.25, -0.2) is 4.79 Å². The number of nitrogens with one attached hydrogen (secondary N) is 2. The topological polar surface area (TPSA) is 83.7 Å². The van der Waals surface area contributed by atoms with E-state index in [2.05, 4.69) is 10.6 Å². The highest BCUT2D eigenvalue weighted by Gasteiger charge is 2.15. The molecule has 0 saturated carbocycles. The summed E-state index contributed by atoms with van der Waals surface area (Å²) in [4.78, 5) is 12.0. The number of furan rings is 1. The molecule has 2 rings (SSSR count). The molecular formula is C16H19ClN2O4. The fourth-order valence-corrected chi connectivity index (χ4v) is 2.12. The molecule has 1 heterocycles. The Kier molecular flexibility index (Phi) is 5.90. The van der Waals surface area contributed by atoms with Crippen molar-refractivity contribution < 1.29 is 19.1 Å². The lowest BCUT2D eigenvalue weighted by Crippen LogP contribution is -2.32. The zero-order valence-corrected chi connectivity index (χ0v) is 13.6. The van der Waals surface area contributed by atoms with Crippen LogP contribution in [0.25, 0.3) is 0 Å². The summed E-state index contributed by atoms with van der Waals surface area (Å²) < 4.78 is 10.7. The Labute approximate surface area is 139 Å². The molecule has 1 atom stereocenters. The van der Waals surface area contributed by atoms with Gasteiger partial charge in [-0.05, 0) is 38.1 Å². The first-order chi connectivity index (χ1) is 11.0. The molecule has 0 bridgehead atoms. The predicted octanol–water partition coefficient (Wildman–Crippen LogP) is 3.58. The maximum absolute atomic E-state index is 12.0. The largest absolute Gasteiger partial charge is 0.487 e. The van der Waals surface area contributed by atoms with Crippen molar-refractivity contribution in [1.29, 1.82) is 0 Å². The first kappa shape index (κ1) is 17.2. The molecule has 0 aliphatic rings. The quantitative estimate of drug-likeness (QED) is 0.751. The van der Waals surface area contributed by atoms with Crippen LogP contribution in [-0.2, 0) is 0 Å². The number of para-hydroxylation sites is 1. The number of aliphatic hydroxyl groups is 1. The highest BCUT2D eigenvalue weighted by molar-refractivity contribution is 6.32. The van der Waals surface area contributed by atoms with Gasteiger partial charge in [0, 0.05) is 0 Å². The van der Waals surface area contributed by atoms with E-state index in [-0.39, 0.29) is 12.6 Å². The lowest BCUT2D eigenvalue weighted by molar-refractivity contribution is 0.149. The number of halogens is 1. The third kappa shape index (κ3) is 4.91. The van der Waals surface area contributed by atoms with Crippen molar-refractivity contribution >= 4 is 23.3 Å². The SMILES string of the molecule is CC(C)Oc1c(Cl)cccc1NC(=O)NCC(O)c1ccco1. The number of carbonyl (C=O) groups excluding carboxylic acids is 1. The third-order valence-corrected chi connectivity index (χ3v) is 3.19. The molecule has 2 aromatic rings. The van der Waals surface area contributed by atoms with Gasteiger partial charge in [0.2, 0.25) is 0 Å². The standard InChI is InChI=1S/C16H19ClN2O4/c1-10(2)23-15-11(17)5-3-6-12(15)19-16(21)18-9-13(20)14-7-4-8-22-14/h3-8,10,13,20H,9H2,1-2H3,(H2,18,19,21). The number of rotatable bonds is 6. The van der Waals surface area contributed by atoms with Crippen molar-refractivity contribution in [3.63, 3.8) is 0 Å². The molecule has 2 amide bonds. The number of benzene rings is 1. The number of carbonyl (C=O) groups is 1. The summed E-state index contributed by atoms with van der Waals surface area (Å²) in [7, 11) is 0. The van der Waals surface area contributed by atoms with Gasteiger partial charge in [0.1, 0.15) is 11.9 Å². The average molecular weight is 339 g/mol. The molecule has 0 aliphatic carbocycles. The summed E-state index contributed by atoms with van der Waals surface area (Å²) in [5.41, 5.74) is 0.455. The highest BCUT2D eigenvalue weighted by Crippen LogP contribution is 2.33. The average Bonchev–Trinajstić information content (AvgIpc) is 3.02. The molecular weight excluding hydrogens is 320 g/mol. The molecule has 0 aliphatic heterocycles. The monoisotopic (exact) mass is 338 g/mol. The van der Waals surface area contributed by atoms with Crippen molar-refractivity contribution in [3.05, 3.63) is 47.4 Å². The van der Waals surface area contributed by atoms with Crippen molar-refractivity contribution in [1.82, 2.24) is 5.32 Å².